The Hall–Kier alpha value is -0.890. The second kappa shape index (κ2) is 2.81. The fourth-order valence-electron chi connectivity index (χ4n) is 1.28. The Morgan fingerprint density at radius 1 is 1.31 bits per heavy atom. The minimum Gasteiger partial charge on any atom is -0.233 e. The van der Waals surface area contributed by atoms with Gasteiger partial charge in [0.2, 0.25) is 0 Å². The van der Waals surface area contributed by atoms with E-state index in [1.165, 1.54) is 10.3 Å². The summed E-state index contributed by atoms with van der Waals surface area (Å²) in [6.07, 6.45) is 0. The molecule has 0 saturated carbocycles. The van der Waals surface area contributed by atoms with E-state index in [0.29, 0.717) is 0 Å². The van der Waals surface area contributed by atoms with Crippen LogP contribution in [0.3, 0.4) is 0 Å². The normalized spacial score (nSPS) is 12.2. The molecule has 0 atom stereocenters. The van der Waals surface area contributed by atoms with Gasteiger partial charge in [-0.1, -0.05) is 26.8 Å². The zero-order valence-corrected chi connectivity index (χ0v) is 8.90. The summed E-state index contributed by atoms with van der Waals surface area (Å²) in [6.45, 7) is 6.64. The number of hydrogen-bond acceptors (Lipinski definition) is 2. The van der Waals surface area contributed by atoms with Crippen LogP contribution in [0.25, 0.3) is 10.2 Å². The second-order valence-corrected chi connectivity index (χ2v) is 5.06. The molecule has 0 saturated heterocycles. The lowest BCUT2D eigenvalue weighted by Gasteiger charge is -2.18. The Morgan fingerprint density at radius 2 is 2.08 bits per heavy atom. The van der Waals surface area contributed by atoms with E-state index in [-0.39, 0.29) is 5.41 Å². The summed E-state index contributed by atoms with van der Waals surface area (Å²) < 4.78 is 1.22. The van der Waals surface area contributed by atoms with Crippen molar-refractivity contribution in [1.29, 1.82) is 0 Å². The van der Waals surface area contributed by atoms with Crippen LogP contribution in [0, 0.1) is 5.51 Å². The highest BCUT2D eigenvalue weighted by Gasteiger charge is 2.13. The van der Waals surface area contributed by atoms with Crippen molar-refractivity contribution < 1.29 is 0 Å². The zero-order valence-electron chi connectivity index (χ0n) is 8.09. The molecule has 0 spiro atoms. The van der Waals surface area contributed by atoms with E-state index < -0.39 is 0 Å². The van der Waals surface area contributed by atoms with Gasteiger partial charge in [0.05, 0.1) is 10.2 Å². The van der Waals surface area contributed by atoms with Gasteiger partial charge in [0.1, 0.15) is 0 Å². The monoisotopic (exact) mass is 190 g/mol. The third-order valence-corrected chi connectivity index (χ3v) is 2.89. The molecule has 13 heavy (non-hydrogen) atoms. The summed E-state index contributed by atoms with van der Waals surface area (Å²) in [5.74, 6) is 0. The molecule has 0 amide bonds. The molecular formula is C11H12NS. The maximum atomic E-state index is 4.19. The zero-order chi connectivity index (χ0) is 9.47. The van der Waals surface area contributed by atoms with E-state index in [0.717, 1.165) is 5.52 Å². The third-order valence-electron chi connectivity index (χ3n) is 2.15. The van der Waals surface area contributed by atoms with Crippen LogP contribution < -0.4 is 0 Å². The molecule has 0 aliphatic carbocycles. The van der Waals surface area contributed by atoms with E-state index in [1.807, 2.05) is 0 Å². The molecule has 0 bridgehead atoms. The molecule has 1 aromatic heterocycles. The van der Waals surface area contributed by atoms with Crippen LogP contribution in [-0.4, -0.2) is 4.98 Å². The first kappa shape index (κ1) is 8.70. The van der Waals surface area contributed by atoms with E-state index >= 15 is 0 Å². The number of aromatic nitrogens is 1. The average molecular weight is 190 g/mol. The smallest absolute Gasteiger partial charge is 0.153 e. The summed E-state index contributed by atoms with van der Waals surface area (Å²) >= 11 is 1.57. The van der Waals surface area contributed by atoms with Crippen molar-refractivity contribution >= 4 is 21.6 Å². The number of fused-ring (bicyclic) bond motifs is 1. The van der Waals surface area contributed by atoms with Crippen LogP contribution >= 0.6 is 11.3 Å². The van der Waals surface area contributed by atoms with E-state index in [4.69, 9.17) is 0 Å². The van der Waals surface area contributed by atoms with Crippen molar-refractivity contribution in [3.8, 4) is 0 Å². The molecule has 67 valence electrons. The molecule has 1 heterocycles. The molecular weight excluding hydrogens is 178 g/mol. The van der Waals surface area contributed by atoms with Gasteiger partial charge in [-0.25, -0.2) is 4.98 Å². The molecule has 0 fully saturated rings. The van der Waals surface area contributed by atoms with Gasteiger partial charge in [-0.15, -0.1) is 11.3 Å². The molecule has 0 aliphatic heterocycles. The van der Waals surface area contributed by atoms with Crippen LogP contribution in [0.5, 0.6) is 0 Å². The second-order valence-electron chi connectivity index (χ2n) is 4.24. The number of hydrogen-bond donors (Lipinski definition) is 0. The highest BCUT2D eigenvalue weighted by Crippen LogP contribution is 2.26. The molecule has 1 radical (unpaired) electrons. The summed E-state index contributed by atoms with van der Waals surface area (Å²) in [5.41, 5.74) is 5.51. The number of benzene rings is 1. The molecule has 2 aromatic rings. The number of nitrogens with zero attached hydrogens (tertiary/aromatic N) is 1. The maximum Gasteiger partial charge on any atom is 0.153 e. The van der Waals surface area contributed by atoms with Gasteiger partial charge < -0.3 is 0 Å². The fraction of sp³-hybridized carbons (Fsp3) is 0.364. The van der Waals surface area contributed by atoms with Crippen molar-refractivity contribution in [2.24, 2.45) is 0 Å². The first-order chi connectivity index (χ1) is 6.07. The van der Waals surface area contributed by atoms with Gasteiger partial charge in [0.15, 0.2) is 5.51 Å². The number of thiazole rings is 1. The van der Waals surface area contributed by atoms with Crippen molar-refractivity contribution in [2.45, 2.75) is 26.2 Å². The van der Waals surface area contributed by atoms with Gasteiger partial charge in [0, 0.05) is 0 Å². The predicted molar refractivity (Wildman–Crippen MR) is 57.2 cm³/mol. The van der Waals surface area contributed by atoms with Gasteiger partial charge in [-0.05, 0) is 23.1 Å². The van der Waals surface area contributed by atoms with Crippen LogP contribution in [0.15, 0.2) is 18.2 Å². The highest BCUT2D eigenvalue weighted by molar-refractivity contribution is 7.16. The number of rotatable bonds is 0. The van der Waals surface area contributed by atoms with Gasteiger partial charge in [-0.3, -0.25) is 0 Å². The Labute approximate surface area is 82.4 Å². The van der Waals surface area contributed by atoms with E-state index in [9.17, 15) is 0 Å². The Kier molecular flexibility index (Phi) is 1.88. The lowest BCUT2D eigenvalue weighted by molar-refractivity contribution is 0.591. The van der Waals surface area contributed by atoms with Crippen molar-refractivity contribution in [3.05, 3.63) is 29.3 Å². The quantitative estimate of drug-likeness (QED) is 0.620. The summed E-state index contributed by atoms with van der Waals surface area (Å²) in [4.78, 5) is 4.19. The Balaban J connectivity index is 2.61. The lowest BCUT2D eigenvalue weighted by Crippen LogP contribution is -2.10. The Bertz CT molecular complexity index is 423. The van der Waals surface area contributed by atoms with Crippen molar-refractivity contribution in [2.75, 3.05) is 0 Å². The largest absolute Gasteiger partial charge is 0.233 e. The van der Waals surface area contributed by atoms with Gasteiger partial charge in [-0.2, -0.15) is 0 Å². The van der Waals surface area contributed by atoms with Crippen molar-refractivity contribution in [3.63, 3.8) is 0 Å². The minimum absolute atomic E-state index is 0.206. The van der Waals surface area contributed by atoms with Crippen molar-refractivity contribution in [1.82, 2.24) is 4.98 Å². The molecule has 0 unspecified atom stereocenters. The van der Waals surface area contributed by atoms with Gasteiger partial charge in [0.25, 0.3) is 0 Å². The highest BCUT2D eigenvalue weighted by atomic mass is 32.1. The summed E-state index contributed by atoms with van der Waals surface area (Å²) in [7, 11) is 0. The SMILES string of the molecule is CC(C)(C)c1ccc2s[c]nc2c1. The third kappa shape index (κ3) is 1.59. The fourth-order valence-corrected chi connectivity index (χ4v) is 1.87. The maximum absolute atomic E-state index is 4.19. The molecule has 0 N–H and O–H groups in total. The summed E-state index contributed by atoms with van der Waals surface area (Å²) in [6, 6.07) is 6.46. The van der Waals surface area contributed by atoms with Gasteiger partial charge >= 0.3 is 0 Å². The van der Waals surface area contributed by atoms with E-state index in [2.05, 4.69) is 49.5 Å². The lowest BCUT2D eigenvalue weighted by atomic mass is 9.87. The van der Waals surface area contributed by atoms with E-state index in [1.54, 1.807) is 11.3 Å². The molecule has 1 nitrogen and oxygen atoms in total. The first-order valence-corrected chi connectivity index (χ1v) is 5.16. The molecule has 1 aromatic carbocycles. The molecule has 0 aliphatic rings. The topological polar surface area (TPSA) is 12.9 Å². The van der Waals surface area contributed by atoms with Crippen LogP contribution in [-0.2, 0) is 5.41 Å². The average Bonchev–Trinajstić information content (AvgIpc) is 2.47. The first-order valence-electron chi connectivity index (χ1n) is 4.34. The van der Waals surface area contributed by atoms with Crippen LogP contribution in [0.2, 0.25) is 0 Å². The minimum atomic E-state index is 0.206. The predicted octanol–water partition coefficient (Wildman–Crippen LogP) is 3.39. The molecule has 2 heteroatoms. The Morgan fingerprint density at radius 3 is 2.77 bits per heavy atom. The van der Waals surface area contributed by atoms with Crippen LogP contribution in [0.1, 0.15) is 26.3 Å². The summed E-state index contributed by atoms with van der Waals surface area (Å²) in [5, 5.41) is 0. The molecule has 2 rings (SSSR count). The standard InChI is InChI=1S/C11H12NS/c1-11(2,3)8-4-5-10-9(6-8)12-7-13-10/h4-6H,1-3H3. The van der Waals surface area contributed by atoms with Crippen LogP contribution in [0.4, 0.5) is 0 Å².